The van der Waals surface area contributed by atoms with Crippen LogP contribution in [0.15, 0.2) is 29.4 Å². The third-order valence-corrected chi connectivity index (χ3v) is 2.95. The van der Waals surface area contributed by atoms with Gasteiger partial charge in [-0.1, -0.05) is 11.2 Å². The topological polar surface area (TPSA) is 96.7 Å². The van der Waals surface area contributed by atoms with Gasteiger partial charge in [0.05, 0.1) is 19.0 Å². The maximum atomic E-state index is 13.3. The Labute approximate surface area is 131 Å². The van der Waals surface area contributed by atoms with Crippen LogP contribution >= 0.6 is 0 Å². The highest BCUT2D eigenvalue weighted by molar-refractivity contribution is 5.93. The van der Waals surface area contributed by atoms with Crippen molar-refractivity contribution in [3.8, 4) is 5.75 Å². The van der Waals surface area contributed by atoms with E-state index in [9.17, 15) is 9.18 Å². The summed E-state index contributed by atoms with van der Waals surface area (Å²) in [4.78, 5) is 20.2. The zero-order chi connectivity index (χ0) is 16.8. The molecule has 0 unspecified atom stereocenters. The highest BCUT2D eigenvalue weighted by Gasteiger charge is 2.11. The van der Waals surface area contributed by atoms with E-state index in [1.807, 2.05) is 0 Å². The maximum Gasteiger partial charge on any atom is 0.270 e. The van der Waals surface area contributed by atoms with Gasteiger partial charge in [-0.25, -0.2) is 14.4 Å². The summed E-state index contributed by atoms with van der Waals surface area (Å²) in [5, 5.41) is 14.1. The number of rotatable bonds is 5. The first-order valence-corrected chi connectivity index (χ1v) is 6.67. The van der Waals surface area contributed by atoms with Crippen molar-refractivity contribution < 1.29 is 19.1 Å². The van der Waals surface area contributed by atoms with Gasteiger partial charge >= 0.3 is 0 Å². The van der Waals surface area contributed by atoms with Gasteiger partial charge in [-0.3, -0.25) is 4.79 Å². The predicted molar refractivity (Wildman–Crippen MR) is 80.3 cm³/mol. The van der Waals surface area contributed by atoms with Gasteiger partial charge in [0.2, 0.25) is 0 Å². The fraction of sp³-hybridized carbons (Fsp3) is 0.200. The van der Waals surface area contributed by atoms with Crippen molar-refractivity contribution in [3.63, 3.8) is 0 Å². The molecule has 1 aromatic heterocycles. The number of oxime groups is 1. The number of aromatic nitrogens is 2. The van der Waals surface area contributed by atoms with Crippen LogP contribution in [0.5, 0.6) is 5.75 Å². The molecule has 1 aromatic carbocycles. The zero-order valence-corrected chi connectivity index (χ0v) is 12.6. The minimum Gasteiger partial charge on any atom is -0.494 e. The number of nitrogens with zero attached hydrogens (tertiary/aromatic N) is 3. The minimum atomic E-state index is -0.470. The Morgan fingerprint density at radius 2 is 2.22 bits per heavy atom. The van der Waals surface area contributed by atoms with Crippen molar-refractivity contribution in [1.82, 2.24) is 15.3 Å². The predicted octanol–water partition coefficient (Wildman–Crippen LogP) is 1.67. The molecule has 0 aliphatic heterocycles. The van der Waals surface area contributed by atoms with Crippen molar-refractivity contribution >= 4 is 12.1 Å². The molecule has 0 saturated carbocycles. The Hall–Kier alpha value is -3.03. The molecule has 0 spiro atoms. The average Bonchev–Trinajstić information content (AvgIpc) is 2.53. The number of benzene rings is 1. The van der Waals surface area contributed by atoms with Gasteiger partial charge in [0.15, 0.2) is 11.6 Å². The molecule has 0 atom stereocenters. The lowest BCUT2D eigenvalue weighted by atomic mass is 10.2. The second kappa shape index (κ2) is 7.30. The van der Waals surface area contributed by atoms with Crippen molar-refractivity contribution in [3.05, 3.63) is 52.9 Å². The second-order valence-electron chi connectivity index (χ2n) is 4.62. The SMILES string of the molecule is COc1cc(CNC(=O)c2cc(/C=N/O)nc(C)n2)ccc1F. The molecule has 0 aliphatic rings. The Kier molecular flexibility index (Phi) is 5.19. The minimum absolute atomic E-state index is 0.107. The van der Waals surface area contributed by atoms with Crippen LogP contribution in [-0.2, 0) is 6.54 Å². The van der Waals surface area contributed by atoms with Crippen LogP contribution in [0.1, 0.15) is 27.6 Å². The molecule has 2 aromatic rings. The number of aryl methyl sites for hydroxylation is 1. The summed E-state index contributed by atoms with van der Waals surface area (Å²) in [5.41, 5.74) is 1.13. The van der Waals surface area contributed by atoms with Gasteiger partial charge in [0, 0.05) is 6.54 Å². The fourth-order valence-corrected chi connectivity index (χ4v) is 1.92. The van der Waals surface area contributed by atoms with Gasteiger partial charge < -0.3 is 15.3 Å². The van der Waals surface area contributed by atoms with Gasteiger partial charge in [-0.2, -0.15) is 0 Å². The summed E-state index contributed by atoms with van der Waals surface area (Å²) >= 11 is 0. The summed E-state index contributed by atoms with van der Waals surface area (Å²) in [5.74, 6) is -0.416. The van der Waals surface area contributed by atoms with Crippen LogP contribution in [0.4, 0.5) is 4.39 Å². The molecule has 0 aliphatic carbocycles. The molecule has 1 heterocycles. The monoisotopic (exact) mass is 318 g/mol. The van der Waals surface area contributed by atoms with E-state index in [0.717, 1.165) is 6.21 Å². The Balaban J connectivity index is 2.10. The van der Waals surface area contributed by atoms with Crippen molar-refractivity contribution in [2.45, 2.75) is 13.5 Å². The van der Waals surface area contributed by atoms with Gasteiger partial charge in [-0.05, 0) is 30.7 Å². The fourth-order valence-electron chi connectivity index (χ4n) is 1.92. The Bertz CT molecular complexity index is 749. The van der Waals surface area contributed by atoms with Crippen LogP contribution in [0, 0.1) is 12.7 Å². The lowest BCUT2D eigenvalue weighted by Crippen LogP contribution is -2.24. The molecule has 23 heavy (non-hydrogen) atoms. The number of hydrogen-bond acceptors (Lipinski definition) is 6. The number of nitrogens with one attached hydrogen (secondary N) is 1. The molecule has 2 N–H and O–H groups in total. The highest BCUT2D eigenvalue weighted by Crippen LogP contribution is 2.18. The first-order valence-electron chi connectivity index (χ1n) is 6.67. The largest absolute Gasteiger partial charge is 0.494 e. The van der Waals surface area contributed by atoms with Crippen molar-refractivity contribution in [2.24, 2.45) is 5.16 Å². The molecule has 2 rings (SSSR count). The van der Waals surface area contributed by atoms with E-state index < -0.39 is 11.7 Å². The van der Waals surface area contributed by atoms with Crippen LogP contribution in [0.2, 0.25) is 0 Å². The number of carbonyl (C=O) groups is 1. The number of halogens is 1. The van der Waals surface area contributed by atoms with E-state index in [2.05, 4.69) is 20.4 Å². The normalized spacial score (nSPS) is 10.7. The van der Waals surface area contributed by atoms with Crippen LogP contribution in [0.25, 0.3) is 0 Å². The average molecular weight is 318 g/mol. The molecule has 0 bridgehead atoms. The lowest BCUT2D eigenvalue weighted by molar-refractivity contribution is 0.0945. The zero-order valence-electron chi connectivity index (χ0n) is 12.6. The van der Waals surface area contributed by atoms with Crippen molar-refractivity contribution in [1.29, 1.82) is 0 Å². The van der Waals surface area contributed by atoms with E-state index >= 15 is 0 Å². The van der Waals surface area contributed by atoms with Gasteiger partial charge in [-0.15, -0.1) is 0 Å². The highest BCUT2D eigenvalue weighted by atomic mass is 19.1. The number of methoxy groups -OCH3 is 1. The van der Waals surface area contributed by atoms with E-state index in [1.54, 1.807) is 13.0 Å². The number of hydrogen-bond donors (Lipinski definition) is 2. The molecular formula is C15H15FN4O3. The van der Waals surface area contributed by atoms with E-state index in [4.69, 9.17) is 9.94 Å². The Morgan fingerprint density at radius 3 is 2.91 bits per heavy atom. The number of ether oxygens (including phenoxy) is 1. The number of carbonyl (C=O) groups excluding carboxylic acids is 1. The number of amides is 1. The summed E-state index contributed by atoms with van der Waals surface area (Å²) in [6.45, 7) is 1.80. The summed E-state index contributed by atoms with van der Waals surface area (Å²) in [7, 11) is 1.37. The molecule has 8 heteroatoms. The first-order chi connectivity index (χ1) is 11.0. The third kappa shape index (κ3) is 4.22. The lowest BCUT2D eigenvalue weighted by Gasteiger charge is -2.08. The smallest absolute Gasteiger partial charge is 0.270 e. The van der Waals surface area contributed by atoms with Gasteiger partial charge in [0.25, 0.3) is 5.91 Å². The molecule has 0 fully saturated rings. The summed E-state index contributed by atoms with van der Waals surface area (Å²) < 4.78 is 18.2. The third-order valence-electron chi connectivity index (χ3n) is 2.95. The molecular weight excluding hydrogens is 303 g/mol. The first kappa shape index (κ1) is 16.3. The molecule has 120 valence electrons. The van der Waals surface area contributed by atoms with E-state index in [0.29, 0.717) is 17.1 Å². The van der Waals surface area contributed by atoms with Crippen molar-refractivity contribution in [2.75, 3.05) is 7.11 Å². The van der Waals surface area contributed by atoms with Crippen LogP contribution < -0.4 is 10.1 Å². The molecule has 0 radical (unpaired) electrons. The molecule has 0 saturated heterocycles. The van der Waals surface area contributed by atoms with Gasteiger partial charge in [0.1, 0.15) is 11.5 Å². The molecule has 7 nitrogen and oxygen atoms in total. The van der Waals surface area contributed by atoms with E-state index in [1.165, 1.54) is 25.3 Å². The van der Waals surface area contributed by atoms with E-state index in [-0.39, 0.29) is 18.0 Å². The second-order valence-corrected chi connectivity index (χ2v) is 4.62. The summed E-state index contributed by atoms with van der Waals surface area (Å²) in [6.07, 6.45) is 1.11. The standard InChI is InChI=1S/C15H15FN4O3/c1-9-19-11(8-18-22)6-13(20-9)15(21)17-7-10-3-4-12(16)14(5-10)23-2/h3-6,8,22H,7H2,1-2H3,(H,17,21)/b18-8+. The molecule has 1 amide bonds. The Morgan fingerprint density at radius 1 is 1.43 bits per heavy atom. The quantitative estimate of drug-likeness (QED) is 0.496. The maximum absolute atomic E-state index is 13.3. The van der Waals surface area contributed by atoms with Crippen LogP contribution in [0.3, 0.4) is 0 Å². The summed E-state index contributed by atoms with van der Waals surface area (Å²) in [6, 6.07) is 5.72. The van der Waals surface area contributed by atoms with Crippen LogP contribution in [-0.4, -0.2) is 34.4 Å².